The molecule has 180 valence electrons. The molecule has 35 heavy (non-hydrogen) atoms. The van der Waals surface area contributed by atoms with E-state index in [-0.39, 0.29) is 24.0 Å². The summed E-state index contributed by atoms with van der Waals surface area (Å²) in [5, 5.41) is 4.29. The molecule has 0 spiro atoms. The summed E-state index contributed by atoms with van der Waals surface area (Å²) in [6.45, 7) is 1.86. The molecule has 2 amide bonds. The van der Waals surface area contributed by atoms with E-state index < -0.39 is 5.60 Å². The first-order valence-corrected chi connectivity index (χ1v) is 12.2. The monoisotopic (exact) mass is 530 g/mol. The summed E-state index contributed by atoms with van der Waals surface area (Å²) in [5.41, 5.74) is 0.787. The fourth-order valence-corrected chi connectivity index (χ4v) is 4.99. The van der Waals surface area contributed by atoms with Crippen molar-refractivity contribution >= 4 is 52.3 Å². The van der Waals surface area contributed by atoms with E-state index in [1.807, 2.05) is 12.1 Å². The molecule has 9 heteroatoms. The first kappa shape index (κ1) is 23.9. The number of nitrogens with one attached hydrogen (secondary N) is 1. The maximum Gasteiger partial charge on any atom is 0.273 e. The van der Waals surface area contributed by atoms with Gasteiger partial charge in [0, 0.05) is 40.1 Å². The van der Waals surface area contributed by atoms with Gasteiger partial charge in [-0.2, -0.15) is 0 Å². The van der Waals surface area contributed by atoms with E-state index in [1.54, 1.807) is 53.4 Å². The number of anilines is 1. The molecule has 1 saturated heterocycles. The van der Waals surface area contributed by atoms with Crippen LogP contribution in [0, 0.1) is 0 Å². The Balaban J connectivity index is 1.61. The largest absolute Gasteiger partial charge is 0.471 e. The van der Waals surface area contributed by atoms with Crippen LogP contribution in [0.25, 0.3) is 0 Å². The molecular weight excluding hydrogens is 511 g/mol. The van der Waals surface area contributed by atoms with E-state index in [9.17, 15) is 9.59 Å². The fourth-order valence-electron chi connectivity index (χ4n) is 4.45. The molecule has 0 aromatic heterocycles. The summed E-state index contributed by atoms with van der Waals surface area (Å²) in [4.78, 5) is 28.7. The van der Waals surface area contributed by atoms with Crippen molar-refractivity contribution in [3.8, 4) is 5.75 Å². The minimum absolute atomic E-state index is 0.172. The van der Waals surface area contributed by atoms with Crippen LogP contribution in [-0.2, 0) is 21.6 Å². The van der Waals surface area contributed by atoms with Gasteiger partial charge in [0.25, 0.3) is 11.8 Å². The van der Waals surface area contributed by atoms with Crippen molar-refractivity contribution in [2.24, 2.45) is 0 Å². The molecular formula is C26H21Cl3N2O4. The predicted molar refractivity (Wildman–Crippen MR) is 136 cm³/mol. The molecule has 3 aromatic carbocycles. The van der Waals surface area contributed by atoms with Crippen molar-refractivity contribution in [2.75, 3.05) is 31.6 Å². The number of morpholine rings is 1. The number of benzene rings is 3. The number of carbonyl (C=O) groups excluding carboxylic acids is 2. The third-order valence-electron chi connectivity index (χ3n) is 6.13. The summed E-state index contributed by atoms with van der Waals surface area (Å²) >= 11 is 18.7. The Hall–Kier alpha value is -2.77. The molecule has 0 bridgehead atoms. The molecule has 0 radical (unpaired) electrons. The first-order valence-electron chi connectivity index (χ1n) is 11.1. The van der Waals surface area contributed by atoms with Crippen LogP contribution >= 0.6 is 34.8 Å². The molecule has 0 aliphatic carbocycles. The van der Waals surface area contributed by atoms with Crippen LogP contribution in [0.3, 0.4) is 0 Å². The van der Waals surface area contributed by atoms with E-state index >= 15 is 0 Å². The number of halogens is 3. The molecule has 1 atom stereocenters. The van der Waals surface area contributed by atoms with E-state index in [0.29, 0.717) is 58.2 Å². The van der Waals surface area contributed by atoms with E-state index in [0.717, 1.165) is 5.56 Å². The fraction of sp³-hybridized carbons (Fsp3) is 0.231. The molecule has 3 aromatic rings. The lowest BCUT2D eigenvalue weighted by atomic mass is 9.87. The van der Waals surface area contributed by atoms with Gasteiger partial charge in [0.15, 0.2) is 0 Å². The number of rotatable bonds is 5. The zero-order valence-corrected chi connectivity index (χ0v) is 20.8. The Morgan fingerprint density at radius 3 is 2.46 bits per heavy atom. The zero-order chi connectivity index (χ0) is 24.6. The van der Waals surface area contributed by atoms with Crippen molar-refractivity contribution in [1.29, 1.82) is 0 Å². The highest BCUT2D eigenvalue weighted by molar-refractivity contribution is 6.31. The predicted octanol–water partition coefficient (Wildman–Crippen LogP) is 5.59. The van der Waals surface area contributed by atoms with Gasteiger partial charge >= 0.3 is 0 Å². The number of ether oxygens (including phenoxy) is 2. The SMILES string of the molecule is O=C(c1ccc(Cl)cc1OC1(Cc2cccc(Cl)c2)C(=O)Nc2cc(Cl)ccc21)N1CCOCC1. The molecule has 0 saturated carbocycles. The van der Waals surface area contributed by atoms with Gasteiger partial charge in [0.1, 0.15) is 5.75 Å². The minimum Gasteiger partial charge on any atom is -0.471 e. The third kappa shape index (κ3) is 4.71. The van der Waals surface area contributed by atoms with Crippen LogP contribution in [0.2, 0.25) is 15.1 Å². The lowest BCUT2D eigenvalue weighted by molar-refractivity contribution is -0.130. The van der Waals surface area contributed by atoms with Crippen LogP contribution in [0.4, 0.5) is 5.69 Å². The summed E-state index contributed by atoms with van der Waals surface area (Å²) in [5.74, 6) is -0.374. The summed E-state index contributed by atoms with van der Waals surface area (Å²) in [6.07, 6.45) is 0.172. The number of nitrogens with zero attached hydrogens (tertiary/aromatic N) is 1. The quantitative estimate of drug-likeness (QED) is 0.466. The number of amides is 2. The van der Waals surface area contributed by atoms with E-state index in [2.05, 4.69) is 5.32 Å². The van der Waals surface area contributed by atoms with Gasteiger partial charge in [-0.25, -0.2) is 0 Å². The second kappa shape index (κ2) is 9.70. The average molecular weight is 532 g/mol. The summed E-state index contributed by atoms with van der Waals surface area (Å²) in [6, 6.07) is 17.2. The van der Waals surface area contributed by atoms with Crippen molar-refractivity contribution in [1.82, 2.24) is 4.90 Å². The Labute approximate surface area is 217 Å². The minimum atomic E-state index is -1.48. The highest BCUT2D eigenvalue weighted by Gasteiger charge is 2.50. The first-order chi connectivity index (χ1) is 16.9. The molecule has 1 fully saturated rings. The lowest BCUT2D eigenvalue weighted by Crippen LogP contribution is -2.44. The van der Waals surface area contributed by atoms with Gasteiger partial charge in [-0.15, -0.1) is 0 Å². The Bertz CT molecular complexity index is 1310. The van der Waals surface area contributed by atoms with Crippen LogP contribution in [0.15, 0.2) is 60.7 Å². The highest BCUT2D eigenvalue weighted by Crippen LogP contribution is 2.44. The van der Waals surface area contributed by atoms with Gasteiger partial charge < -0.3 is 19.7 Å². The maximum absolute atomic E-state index is 13.6. The normalized spacial score (nSPS) is 19.3. The van der Waals surface area contributed by atoms with E-state index in [1.165, 1.54) is 0 Å². The van der Waals surface area contributed by atoms with E-state index in [4.69, 9.17) is 44.3 Å². The third-order valence-corrected chi connectivity index (χ3v) is 6.84. The number of fused-ring (bicyclic) bond motifs is 1. The molecule has 2 heterocycles. The molecule has 1 N–H and O–H groups in total. The van der Waals surface area contributed by atoms with Gasteiger partial charge in [-0.05, 0) is 48.0 Å². The Morgan fingerprint density at radius 1 is 0.971 bits per heavy atom. The number of hydrogen-bond acceptors (Lipinski definition) is 4. The zero-order valence-electron chi connectivity index (χ0n) is 18.5. The molecule has 2 aliphatic heterocycles. The number of hydrogen-bond donors (Lipinski definition) is 1. The Kier molecular flexibility index (Phi) is 6.64. The number of carbonyl (C=O) groups is 2. The summed E-state index contributed by atoms with van der Waals surface area (Å²) < 4.78 is 11.9. The molecule has 5 rings (SSSR count). The molecule has 6 nitrogen and oxygen atoms in total. The van der Waals surface area contributed by atoms with Crippen molar-refractivity contribution < 1.29 is 19.1 Å². The molecule has 1 unspecified atom stereocenters. The van der Waals surface area contributed by atoms with Gasteiger partial charge in [0.2, 0.25) is 5.60 Å². The van der Waals surface area contributed by atoms with Gasteiger partial charge in [-0.3, -0.25) is 9.59 Å². The topological polar surface area (TPSA) is 67.9 Å². The van der Waals surface area contributed by atoms with Crippen LogP contribution in [0.1, 0.15) is 21.5 Å². The second-order valence-corrected chi connectivity index (χ2v) is 9.73. The summed E-state index contributed by atoms with van der Waals surface area (Å²) in [7, 11) is 0. The average Bonchev–Trinajstić information content (AvgIpc) is 3.09. The van der Waals surface area contributed by atoms with Crippen molar-refractivity contribution in [2.45, 2.75) is 12.0 Å². The van der Waals surface area contributed by atoms with Gasteiger partial charge in [0.05, 0.1) is 24.5 Å². The standard InChI is InChI=1S/C26H21Cl3N2O4/c27-17-3-1-2-16(12-17)15-26(21-7-5-18(28)13-22(21)30-25(26)33)35-23-14-19(29)4-6-20(23)24(32)31-8-10-34-11-9-31/h1-7,12-14H,8-11,15H2,(H,30,33). The second-order valence-electron chi connectivity index (χ2n) is 8.42. The van der Waals surface area contributed by atoms with Crippen LogP contribution < -0.4 is 10.1 Å². The highest BCUT2D eigenvalue weighted by atomic mass is 35.5. The van der Waals surface area contributed by atoms with Crippen LogP contribution in [-0.4, -0.2) is 43.0 Å². The molecule has 2 aliphatic rings. The van der Waals surface area contributed by atoms with Crippen molar-refractivity contribution in [3.05, 3.63) is 92.4 Å². The lowest BCUT2D eigenvalue weighted by Gasteiger charge is -2.31. The smallest absolute Gasteiger partial charge is 0.273 e. The maximum atomic E-state index is 13.6. The Morgan fingerprint density at radius 2 is 1.69 bits per heavy atom. The van der Waals surface area contributed by atoms with Crippen molar-refractivity contribution in [3.63, 3.8) is 0 Å². The van der Waals surface area contributed by atoms with Crippen LogP contribution in [0.5, 0.6) is 5.75 Å². The van der Waals surface area contributed by atoms with Gasteiger partial charge in [-0.1, -0.05) is 53.0 Å².